The standard InChI is InChI=1S/C12H22O11/c13-1-4(15)7(17)8(18)5(16)3-22-12-11(21)10(20)9(19)6(2-14)23-12/h1,4-12,14-21H,2-3H2/t4?,5?,6-,7?,8?,9-,10+,11+,12+/m1/s1. The highest BCUT2D eigenvalue weighted by Gasteiger charge is 2.44. The summed E-state index contributed by atoms with van der Waals surface area (Å²) in [4.78, 5) is 10.3. The first kappa shape index (κ1) is 20.3. The summed E-state index contributed by atoms with van der Waals surface area (Å²) in [5.74, 6) is 0. The summed E-state index contributed by atoms with van der Waals surface area (Å²) >= 11 is 0. The molecule has 1 aliphatic rings. The van der Waals surface area contributed by atoms with Crippen molar-refractivity contribution >= 4 is 6.29 Å². The Morgan fingerprint density at radius 2 is 1.61 bits per heavy atom. The van der Waals surface area contributed by atoms with Gasteiger partial charge in [-0.15, -0.1) is 0 Å². The number of carbonyl (C=O) groups is 1. The van der Waals surface area contributed by atoms with Crippen LogP contribution in [0.5, 0.6) is 0 Å². The first-order valence-electron chi connectivity index (χ1n) is 6.84. The molecular weight excluding hydrogens is 320 g/mol. The summed E-state index contributed by atoms with van der Waals surface area (Å²) in [6.07, 6.45) is -15.3. The van der Waals surface area contributed by atoms with Gasteiger partial charge >= 0.3 is 0 Å². The highest BCUT2D eigenvalue weighted by molar-refractivity contribution is 5.56. The molecule has 23 heavy (non-hydrogen) atoms. The molecule has 0 bridgehead atoms. The van der Waals surface area contributed by atoms with Gasteiger partial charge in [-0.05, 0) is 0 Å². The van der Waals surface area contributed by atoms with Crippen molar-refractivity contribution in [1.29, 1.82) is 0 Å². The van der Waals surface area contributed by atoms with Gasteiger partial charge in [0, 0.05) is 0 Å². The molecule has 11 nitrogen and oxygen atoms in total. The first-order valence-corrected chi connectivity index (χ1v) is 6.84. The molecule has 136 valence electrons. The molecular formula is C12H22O11. The lowest BCUT2D eigenvalue weighted by Crippen LogP contribution is -2.59. The van der Waals surface area contributed by atoms with Crippen molar-refractivity contribution in [2.45, 2.75) is 55.1 Å². The molecule has 4 unspecified atom stereocenters. The third-order valence-electron chi connectivity index (χ3n) is 3.51. The Balaban J connectivity index is 2.57. The van der Waals surface area contributed by atoms with E-state index in [9.17, 15) is 35.4 Å². The van der Waals surface area contributed by atoms with E-state index >= 15 is 0 Å². The maximum absolute atomic E-state index is 10.3. The number of aliphatic hydroxyl groups excluding tert-OH is 8. The van der Waals surface area contributed by atoms with E-state index in [-0.39, 0.29) is 6.29 Å². The number of aliphatic hydroxyl groups is 8. The summed E-state index contributed by atoms with van der Waals surface area (Å²) in [6, 6.07) is 0. The Hall–Kier alpha value is -0.730. The zero-order chi connectivity index (χ0) is 17.7. The third-order valence-corrected chi connectivity index (χ3v) is 3.51. The largest absolute Gasteiger partial charge is 0.394 e. The van der Waals surface area contributed by atoms with Crippen molar-refractivity contribution in [2.75, 3.05) is 13.2 Å². The zero-order valence-corrected chi connectivity index (χ0v) is 12.0. The number of ether oxygens (including phenoxy) is 2. The predicted molar refractivity (Wildman–Crippen MR) is 69.8 cm³/mol. The number of carbonyl (C=O) groups excluding carboxylic acids is 1. The van der Waals surface area contributed by atoms with E-state index in [0.29, 0.717) is 0 Å². The van der Waals surface area contributed by atoms with Crippen LogP contribution < -0.4 is 0 Å². The second kappa shape index (κ2) is 8.94. The van der Waals surface area contributed by atoms with Gasteiger partial charge in [0.15, 0.2) is 12.6 Å². The minimum absolute atomic E-state index is 0.0287. The van der Waals surface area contributed by atoms with Crippen LogP contribution in [0.1, 0.15) is 0 Å². The summed E-state index contributed by atoms with van der Waals surface area (Å²) < 4.78 is 9.94. The third kappa shape index (κ3) is 4.87. The zero-order valence-electron chi connectivity index (χ0n) is 12.0. The Bertz CT molecular complexity index is 365. The minimum atomic E-state index is -1.96. The number of rotatable bonds is 8. The van der Waals surface area contributed by atoms with Crippen molar-refractivity contribution in [3.05, 3.63) is 0 Å². The van der Waals surface area contributed by atoms with Gasteiger partial charge in [-0.3, -0.25) is 0 Å². The quantitative estimate of drug-likeness (QED) is 0.196. The van der Waals surface area contributed by atoms with E-state index in [4.69, 9.17) is 19.7 Å². The SMILES string of the molecule is O=CC(O)C(O)C(O)C(O)CO[C@H]1O[C@H](CO)[C@@H](O)[C@H](O)[C@@H]1O. The fourth-order valence-electron chi connectivity index (χ4n) is 2.01. The molecule has 0 radical (unpaired) electrons. The monoisotopic (exact) mass is 342 g/mol. The van der Waals surface area contributed by atoms with Gasteiger partial charge in [0.1, 0.15) is 48.8 Å². The van der Waals surface area contributed by atoms with E-state index < -0.39 is 68.3 Å². The molecule has 0 amide bonds. The van der Waals surface area contributed by atoms with Gasteiger partial charge < -0.3 is 55.1 Å². The maximum Gasteiger partial charge on any atom is 0.186 e. The van der Waals surface area contributed by atoms with Crippen LogP contribution in [0.4, 0.5) is 0 Å². The molecule has 0 spiro atoms. The van der Waals surface area contributed by atoms with E-state index in [2.05, 4.69) is 0 Å². The molecule has 9 atom stereocenters. The molecule has 0 aliphatic carbocycles. The normalized spacial score (nSPS) is 37.0. The van der Waals surface area contributed by atoms with E-state index in [1.807, 2.05) is 0 Å². The van der Waals surface area contributed by atoms with Crippen LogP contribution in [-0.2, 0) is 14.3 Å². The molecule has 1 aliphatic heterocycles. The van der Waals surface area contributed by atoms with Crippen molar-refractivity contribution in [3.8, 4) is 0 Å². The summed E-state index contributed by atoms with van der Waals surface area (Å²) in [5, 5.41) is 75.4. The van der Waals surface area contributed by atoms with Crippen LogP contribution in [0.2, 0.25) is 0 Å². The second-order valence-corrected chi connectivity index (χ2v) is 5.21. The Morgan fingerprint density at radius 1 is 1.00 bits per heavy atom. The smallest absolute Gasteiger partial charge is 0.186 e. The maximum atomic E-state index is 10.3. The molecule has 0 aromatic carbocycles. The number of hydrogen-bond acceptors (Lipinski definition) is 11. The van der Waals surface area contributed by atoms with E-state index in [1.165, 1.54) is 0 Å². The van der Waals surface area contributed by atoms with E-state index in [0.717, 1.165) is 0 Å². The van der Waals surface area contributed by atoms with Gasteiger partial charge in [0.25, 0.3) is 0 Å². The van der Waals surface area contributed by atoms with Crippen LogP contribution in [0.25, 0.3) is 0 Å². The Morgan fingerprint density at radius 3 is 2.13 bits per heavy atom. The second-order valence-electron chi connectivity index (χ2n) is 5.21. The molecule has 1 fully saturated rings. The topological polar surface area (TPSA) is 197 Å². The van der Waals surface area contributed by atoms with Gasteiger partial charge in [-0.25, -0.2) is 0 Å². The van der Waals surface area contributed by atoms with Crippen LogP contribution >= 0.6 is 0 Å². The Labute approximate surface area is 130 Å². The van der Waals surface area contributed by atoms with Gasteiger partial charge in [-0.2, -0.15) is 0 Å². The fraction of sp³-hybridized carbons (Fsp3) is 0.917. The molecule has 0 saturated carbocycles. The molecule has 1 rings (SSSR count). The van der Waals surface area contributed by atoms with Crippen molar-refractivity contribution in [3.63, 3.8) is 0 Å². The lowest BCUT2D eigenvalue weighted by Gasteiger charge is -2.40. The fourth-order valence-corrected chi connectivity index (χ4v) is 2.01. The van der Waals surface area contributed by atoms with Crippen LogP contribution in [-0.4, -0.2) is 115 Å². The van der Waals surface area contributed by atoms with Crippen LogP contribution in [0.15, 0.2) is 0 Å². The van der Waals surface area contributed by atoms with E-state index in [1.54, 1.807) is 0 Å². The Kier molecular flexibility index (Phi) is 7.89. The average Bonchev–Trinajstić information content (AvgIpc) is 2.56. The summed E-state index contributed by atoms with van der Waals surface area (Å²) in [5.41, 5.74) is 0. The van der Waals surface area contributed by atoms with Crippen molar-refractivity contribution in [2.24, 2.45) is 0 Å². The summed E-state index contributed by atoms with van der Waals surface area (Å²) in [6.45, 7) is -1.37. The van der Waals surface area contributed by atoms with Crippen molar-refractivity contribution < 1.29 is 55.1 Å². The van der Waals surface area contributed by atoms with Crippen LogP contribution in [0.3, 0.4) is 0 Å². The molecule has 1 heterocycles. The first-order chi connectivity index (χ1) is 10.7. The van der Waals surface area contributed by atoms with Gasteiger partial charge in [0.05, 0.1) is 13.2 Å². The molecule has 8 N–H and O–H groups in total. The van der Waals surface area contributed by atoms with Gasteiger partial charge in [0.2, 0.25) is 0 Å². The molecule has 0 aromatic rings. The van der Waals surface area contributed by atoms with Crippen molar-refractivity contribution in [1.82, 2.24) is 0 Å². The van der Waals surface area contributed by atoms with Crippen LogP contribution in [0, 0.1) is 0 Å². The molecule has 0 aromatic heterocycles. The predicted octanol–water partition coefficient (Wildman–Crippen LogP) is -5.55. The number of hydrogen-bond donors (Lipinski definition) is 8. The lowest BCUT2D eigenvalue weighted by atomic mass is 9.99. The van der Waals surface area contributed by atoms with Gasteiger partial charge in [-0.1, -0.05) is 0 Å². The molecule has 11 heteroatoms. The highest BCUT2D eigenvalue weighted by Crippen LogP contribution is 2.22. The molecule has 1 saturated heterocycles. The summed E-state index contributed by atoms with van der Waals surface area (Å²) in [7, 11) is 0. The average molecular weight is 342 g/mol. The highest BCUT2D eigenvalue weighted by atomic mass is 16.7. The minimum Gasteiger partial charge on any atom is -0.394 e. The number of aldehydes is 1. The lowest BCUT2D eigenvalue weighted by molar-refractivity contribution is -0.306.